The van der Waals surface area contributed by atoms with Crippen molar-refractivity contribution >= 4 is 35.3 Å². The Morgan fingerprint density at radius 2 is 1.92 bits per heavy atom. The summed E-state index contributed by atoms with van der Waals surface area (Å²) in [5.74, 6) is 0.842. The highest BCUT2D eigenvalue weighted by molar-refractivity contribution is 7.99. The van der Waals surface area contributed by atoms with Gasteiger partial charge >= 0.3 is 6.01 Å². The molecular formula is C17H14ClN3O2S. The molecule has 0 radical (unpaired) electrons. The first kappa shape index (κ1) is 16.5. The minimum absolute atomic E-state index is 0.0335. The molecule has 0 aliphatic rings. The Hall–Kier alpha value is -2.31. The normalized spacial score (nSPS) is 10.6. The lowest BCUT2D eigenvalue weighted by molar-refractivity contribution is 0.102. The number of hydrogen-bond acceptors (Lipinski definition) is 5. The molecule has 0 unspecified atom stereocenters. The van der Waals surface area contributed by atoms with Crippen molar-refractivity contribution in [2.24, 2.45) is 0 Å². The summed E-state index contributed by atoms with van der Waals surface area (Å²) in [4.78, 5) is 13.4. The topological polar surface area (TPSA) is 68.0 Å². The Bertz CT molecular complexity index is 866. The van der Waals surface area contributed by atoms with Crippen LogP contribution in [0.2, 0.25) is 5.02 Å². The van der Waals surface area contributed by atoms with Crippen LogP contribution in [0.3, 0.4) is 0 Å². The first-order valence-corrected chi connectivity index (χ1v) is 8.67. The lowest BCUT2D eigenvalue weighted by atomic mass is 10.2. The van der Waals surface area contributed by atoms with E-state index in [-0.39, 0.29) is 17.8 Å². The Morgan fingerprint density at radius 3 is 2.71 bits per heavy atom. The minimum atomic E-state index is -0.291. The molecule has 0 atom stereocenters. The van der Waals surface area contributed by atoms with Crippen molar-refractivity contribution in [1.82, 2.24) is 10.2 Å². The second-order valence-corrected chi connectivity index (χ2v) is 6.49. The van der Waals surface area contributed by atoms with Gasteiger partial charge in [0.15, 0.2) is 0 Å². The zero-order chi connectivity index (χ0) is 16.9. The van der Waals surface area contributed by atoms with Crippen LogP contribution in [0.1, 0.15) is 17.3 Å². The largest absolute Gasteiger partial charge is 0.403 e. The molecule has 0 aliphatic heterocycles. The first-order valence-electron chi connectivity index (χ1n) is 7.30. The number of thioether (sulfide) groups is 1. The molecule has 0 bridgehead atoms. The van der Waals surface area contributed by atoms with Gasteiger partial charge in [-0.3, -0.25) is 10.1 Å². The zero-order valence-electron chi connectivity index (χ0n) is 12.8. The summed E-state index contributed by atoms with van der Waals surface area (Å²) in [6.45, 7) is 2.03. The van der Waals surface area contributed by atoms with Crippen LogP contribution in [0, 0.1) is 0 Å². The van der Waals surface area contributed by atoms with E-state index in [1.807, 2.05) is 37.3 Å². The molecule has 3 rings (SSSR count). The second-order valence-electron chi connectivity index (χ2n) is 4.78. The van der Waals surface area contributed by atoms with E-state index in [0.29, 0.717) is 16.1 Å². The van der Waals surface area contributed by atoms with Gasteiger partial charge in [-0.2, -0.15) is 0 Å². The van der Waals surface area contributed by atoms with Crippen molar-refractivity contribution in [2.45, 2.75) is 11.8 Å². The number of rotatable bonds is 5. The number of carbonyl (C=O) groups excluding carboxylic acids is 1. The van der Waals surface area contributed by atoms with Crippen molar-refractivity contribution in [1.29, 1.82) is 0 Å². The number of halogens is 1. The first-order chi connectivity index (χ1) is 11.7. The number of benzene rings is 2. The summed E-state index contributed by atoms with van der Waals surface area (Å²) in [5.41, 5.74) is 1.19. The van der Waals surface area contributed by atoms with E-state index in [4.69, 9.17) is 16.0 Å². The van der Waals surface area contributed by atoms with E-state index in [1.54, 1.807) is 30.0 Å². The standard InChI is InChI=1S/C17H14ClN3O2S/c1-2-24-14-10-6-4-8-12(14)15(22)19-17-21-20-16(23-17)11-7-3-5-9-13(11)18/h3-10H,2H2,1H3,(H,19,21,22). The third-order valence-electron chi connectivity index (χ3n) is 3.18. The van der Waals surface area contributed by atoms with Crippen LogP contribution >= 0.6 is 23.4 Å². The molecule has 7 heteroatoms. The van der Waals surface area contributed by atoms with Gasteiger partial charge in [-0.1, -0.05) is 47.9 Å². The number of aromatic nitrogens is 2. The van der Waals surface area contributed by atoms with Crippen LogP contribution in [-0.4, -0.2) is 21.9 Å². The van der Waals surface area contributed by atoms with Crippen LogP contribution < -0.4 is 5.32 Å². The number of anilines is 1. The van der Waals surface area contributed by atoms with Gasteiger partial charge in [0, 0.05) is 4.90 Å². The fraction of sp³-hybridized carbons (Fsp3) is 0.118. The average Bonchev–Trinajstić information content (AvgIpc) is 3.04. The summed E-state index contributed by atoms with van der Waals surface area (Å²) >= 11 is 7.71. The second kappa shape index (κ2) is 7.51. The molecule has 1 amide bonds. The molecule has 5 nitrogen and oxygen atoms in total. The molecule has 1 heterocycles. The summed E-state index contributed by atoms with van der Waals surface area (Å²) in [6, 6.07) is 14.6. The maximum absolute atomic E-state index is 12.4. The highest BCUT2D eigenvalue weighted by Gasteiger charge is 2.16. The zero-order valence-corrected chi connectivity index (χ0v) is 14.4. The van der Waals surface area contributed by atoms with E-state index in [2.05, 4.69) is 15.5 Å². The van der Waals surface area contributed by atoms with E-state index in [0.717, 1.165) is 10.6 Å². The van der Waals surface area contributed by atoms with Gasteiger partial charge in [0.1, 0.15) is 0 Å². The molecule has 2 aromatic carbocycles. The average molecular weight is 360 g/mol. The molecule has 0 spiro atoms. The molecule has 1 aromatic heterocycles. The molecule has 0 saturated heterocycles. The summed E-state index contributed by atoms with van der Waals surface area (Å²) in [5, 5.41) is 10.9. The highest BCUT2D eigenvalue weighted by Crippen LogP contribution is 2.28. The number of nitrogens with zero attached hydrogens (tertiary/aromatic N) is 2. The molecule has 0 aliphatic carbocycles. The maximum Gasteiger partial charge on any atom is 0.322 e. The van der Waals surface area contributed by atoms with Gasteiger partial charge in [0.25, 0.3) is 11.8 Å². The van der Waals surface area contributed by atoms with Gasteiger partial charge in [-0.15, -0.1) is 16.9 Å². The lowest BCUT2D eigenvalue weighted by Crippen LogP contribution is -2.13. The summed E-state index contributed by atoms with van der Waals surface area (Å²) in [6.07, 6.45) is 0. The minimum Gasteiger partial charge on any atom is -0.403 e. The van der Waals surface area contributed by atoms with Crippen molar-refractivity contribution in [3.8, 4) is 11.5 Å². The maximum atomic E-state index is 12.4. The van der Waals surface area contributed by atoms with Gasteiger partial charge in [-0.25, -0.2) is 0 Å². The van der Waals surface area contributed by atoms with Gasteiger partial charge in [-0.05, 0) is 30.0 Å². The van der Waals surface area contributed by atoms with E-state index in [9.17, 15) is 4.79 Å². The lowest BCUT2D eigenvalue weighted by Gasteiger charge is -2.06. The van der Waals surface area contributed by atoms with Gasteiger partial charge < -0.3 is 4.42 Å². The van der Waals surface area contributed by atoms with Crippen LogP contribution in [0.25, 0.3) is 11.5 Å². The smallest absolute Gasteiger partial charge is 0.322 e. The molecular weight excluding hydrogens is 346 g/mol. The number of hydrogen-bond donors (Lipinski definition) is 1. The SMILES string of the molecule is CCSc1ccccc1C(=O)Nc1nnc(-c2ccccc2Cl)o1. The monoisotopic (exact) mass is 359 g/mol. The fourth-order valence-corrected chi connectivity index (χ4v) is 3.14. The predicted molar refractivity (Wildman–Crippen MR) is 95.5 cm³/mol. The fourth-order valence-electron chi connectivity index (χ4n) is 2.12. The molecule has 122 valence electrons. The summed E-state index contributed by atoms with van der Waals surface area (Å²) < 4.78 is 5.50. The Kier molecular flexibility index (Phi) is 5.17. The molecule has 1 N–H and O–H groups in total. The molecule has 0 saturated carbocycles. The Labute approximate surface area is 148 Å². The third kappa shape index (κ3) is 3.60. The van der Waals surface area contributed by atoms with E-state index in [1.165, 1.54) is 0 Å². The van der Waals surface area contributed by atoms with Crippen molar-refractivity contribution in [3.63, 3.8) is 0 Å². The van der Waals surface area contributed by atoms with Crippen molar-refractivity contribution < 1.29 is 9.21 Å². The third-order valence-corrected chi connectivity index (χ3v) is 4.47. The van der Waals surface area contributed by atoms with Crippen molar-refractivity contribution in [2.75, 3.05) is 11.1 Å². The summed E-state index contributed by atoms with van der Waals surface area (Å²) in [7, 11) is 0. The van der Waals surface area contributed by atoms with E-state index < -0.39 is 0 Å². The van der Waals surface area contributed by atoms with Crippen LogP contribution in [-0.2, 0) is 0 Å². The van der Waals surface area contributed by atoms with Crippen LogP contribution in [0.4, 0.5) is 6.01 Å². The van der Waals surface area contributed by atoms with Crippen LogP contribution in [0.5, 0.6) is 0 Å². The Morgan fingerprint density at radius 1 is 1.17 bits per heavy atom. The predicted octanol–water partition coefficient (Wildman–Crippen LogP) is 4.75. The van der Waals surface area contributed by atoms with E-state index >= 15 is 0 Å². The number of carbonyl (C=O) groups is 1. The molecule has 0 fully saturated rings. The van der Waals surface area contributed by atoms with Gasteiger partial charge in [0.05, 0.1) is 16.1 Å². The molecule has 24 heavy (non-hydrogen) atoms. The Balaban J connectivity index is 1.80. The van der Waals surface area contributed by atoms with Crippen molar-refractivity contribution in [3.05, 3.63) is 59.1 Å². The number of nitrogens with one attached hydrogen (secondary N) is 1. The quantitative estimate of drug-likeness (QED) is 0.665. The number of amides is 1. The van der Waals surface area contributed by atoms with Crippen LogP contribution in [0.15, 0.2) is 57.8 Å². The highest BCUT2D eigenvalue weighted by atomic mass is 35.5. The molecule has 3 aromatic rings. The van der Waals surface area contributed by atoms with Gasteiger partial charge in [0.2, 0.25) is 0 Å².